The Morgan fingerprint density at radius 1 is 1.15 bits per heavy atom. The number of piperazine rings is 1. The molecule has 1 aromatic carbocycles. The number of carbonyl (C=O) groups is 1. The highest BCUT2D eigenvalue weighted by molar-refractivity contribution is 5.81. The summed E-state index contributed by atoms with van der Waals surface area (Å²) in [6.07, 6.45) is 2.92. The lowest BCUT2D eigenvalue weighted by Crippen LogP contribution is -2.51. The van der Waals surface area contributed by atoms with E-state index in [-0.39, 0.29) is 11.5 Å². The molecular weight excluding hydrogens is 334 g/mol. The van der Waals surface area contributed by atoms with Gasteiger partial charge in [-0.2, -0.15) is 10.1 Å². The van der Waals surface area contributed by atoms with Gasteiger partial charge in [-0.25, -0.2) is 10.1 Å². The summed E-state index contributed by atoms with van der Waals surface area (Å²) in [5.74, 6) is 0.626. The minimum absolute atomic E-state index is 0.0820. The Bertz CT molecular complexity index is 974. The first kappa shape index (κ1) is 16.2. The summed E-state index contributed by atoms with van der Waals surface area (Å²) in [5, 5.41) is 7.20. The Balaban J connectivity index is 1.50. The molecule has 1 saturated heterocycles. The third-order valence-electron chi connectivity index (χ3n) is 4.76. The van der Waals surface area contributed by atoms with Crippen LogP contribution in [-0.4, -0.2) is 61.7 Å². The van der Waals surface area contributed by atoms with Gasteiger partial charge in [0.15, 0.2) is 0 Å². The molecule has 134 valence electrons. The number of rotatable bonds is 3. The summed E-state index contributed by atoms with van der Waals surface area (Å²) in [7, 11) is 0. The molecule has 4 rings (SSSR count). The van der Waals surface area contributed by atoms with Crippen LogP contribution in [0.4, 0.5) is 5.95 Å². The van der Waals surface area contributed by atoms with Crippen LogP contribution in [0.5, 0.6) is 0 Å². The first-order chi connectivity index (χ1) is 12.6. The number of anilines is 1. The van der Waals surface area contributed by atoms with E-state index in [9.17, 15) is 9.59 Å². The third kappa shape index (κ3) is 2.81. The minimum atomic E-state index is -0.601. The van der Waals surface area contributed by atoms with Gasteiger partial charge < -0.3 is 9.80 Å². The van der Waals surface area contributed by atoms with Crippen molar-refractivity contribution in [3.8, 4) is 0 Å². The molecule has 0 spiro atoms. The van der Waals surface area contributed by atoms with Crippen LogP contribution in [0.25, 0.3) is 10.9 Å². The number of aromatic nitrogens is 5. The minimum Gasteiger partial charge on any atom is -0.338 e. The monoisotopic (exact) mass is 353 g/mol. The first-order valence-electron chi connectivity index (χ1n) is 8.50. The molecule has 9 heteroatoms. The summed E-state index contributed by atoms with van der Waals surface area (Å²) >= 11 is 0. The van der Waals surface area contributed by atoms with Gasteiger partial charge in [0.25, 0.3) is 5.56 Å². The van der Waals surface area contributed by atoms with Crippen molar-refractivity contribution in [3.05, 3.63) is 47.3 Å². The van der Waals surface area contributed by atoms with E-state index in [4.69, 9.17) is 0 Å². The number of aromatic amines is 1. The lowest BCUT2D eigenvalue weighted by Gasteiger charge is -2.35. The zero-order valence-corrected chi connectivity index (χ0v) is 14.4. The second kappa shape index (κ2) is 6.58. The van der Waals surface area contributed by atoms with Gasteiger partial charge in [0.1, 0.15) is 12.4 Å². The molecule has 9 nitrogen and oxygen atoms in total. The van der Waals surface area contributed by atoms with Gasteiger partial charge in [0.2, 0.25) is 11.9 Å². The quantitative estimate of drug-likeness (QED) is 0.733. The summed E-state index contributed by atoms with van der Waals surface area (Å²) < 4.78 is 1.41. The molecular formula is C17H19N7O2. The zero-order chi connectivity index (χ0) is 18.1. The lowest BCUT2D eigenvalue weighted by molar-refractivity contribution is -0.134. The molecule has 0 unspecified atom stereocenters. The smallest absolute Gasteiger partial charge is 0.261 e. The van der Waals surface area contributed by atoms with Crippen molar-refractivity contribution in [2.24, 2.45) is 0 Å². The molecule has 26 heavy (non-hydrogen) atoms. The lowest BCUT2D eigenvalue weighted by atomic mass is 10.2. The van der Waals surface area contributed by atoms with Crippen LogP contribution in [0.3, 0.4) is 0 Å². The Morgan fingerprint density at radius 3 is 2.65 bits per heavy atom. The molecule has 1 atom stereocenters. The predicted octanol–water partition coefficient (Wildman–Crippen LogP) is 0.424. The van der Waals surface area contributed by atoms with Crippen LogP contribution in [0.15, 0.2) is 41.7 Å². The molecule has 1 aliphatic heterocycles. The Kier molecular flexibility index (Phi) is 4.11. The maximum absolute atomic E-state index is 12.9. The van der Waals surface area contributed by atoms with Crippen LogP contribution >= 0.6 is 0 Å². The van der Waals surface area contributed by atoms with Gasteiger partial charge in [-0.05, 0) is 19.1 Å². The molecule has 3 heterocycles. The molecule has 0 saturated carbocycles. The summed E-state index contributed by atoms with van der Waals surface area (Å²) in [5.41, 5.74) is 0.436. The number of H-pyrrole nitrogens is 1. The van der Waals surface area contributed by atoms with Crippen LogP contribution in [0, 0.1) is 0 Å². The van der Waals surface area contributed by atoms with E-state index >= 15 is 0 Å². The topological polar surface area (TPSA) is 100 Å². The average Bonchev–Trinajstić information content (AvgIpc) is 3.22. The van der Waals surface area contributed by atoms with E-state index in [1.807, 2.05) is 11.0 Å². The van der Waals surface area contributed by atoms with E-state index in [0.29, 0.717) is 43.0 Å². The second-order valence-electron chi connectivity index (χ2n) is 6.27. The largest absolute Gasteiger partial charge is 0.338 e. The number of benzene rings is 1. The van der Waals surface area contributed by atoms with Crippen molar-refractivity contribution in [2.45, 2.75) is 13.0 Å². The fourth-order valence-electron chi connectivity index (χ4n) is 3.23. The van der Waals surface area contributed by atoms with E-state index in [0.717, 1.165) is 0 Å². The van der Waals surface area contributed by atoms with Crippen molar-refractivity contribution >= 4 is 22.8 Å². The van der Waals surface area contributed by atoms with Gasteiger partial charge in [0.05, 0.1) is 17.2 Å². The van der Waals surface area contributed by atoms with Crippen LogP contribution in [0.1, 0.15) is 13.0 Å². The van der Waals surface area contributed by atoms with E-state index in [1.54, 1.807) is 30.0 Å². The maximum Gasteiger partial charge on any atom is 0.261 e. The number of nitrogens with one attached hydrogen (secondary N) is 1. The first-order valence-corrected chi connectivity index (χ1v) is 8.50. The Labute approximate surface area is 149 Å². The molecule has 1 aliphatic rings. The number of nitrogens with zero attached hydrogens (tertiary/aromatic N) is 6. The van der Waals surface area contributed by atoms with E-state index < -0.39 is 6.04 Å². The Hall–Kier alpha value is -3.23. The highest BCUT2D eigenvalue weighted by atomic mass is 16.2. The van der Waals surface area contributed by atoms with E-state index in [1.165, 1.54) is 17.2 Å². The summed E-state index contributed by atoms with van der Waals surface area (Å²) in [6, 6.07) is 6.55. The standard InChI is InChI=1S/C17H19N7O2/c1-12(24-11-19-14-5-3-2-4-13(14)16(24)26)15(25)22-6-8-23(9-7-22)17-18-10-20-21-17/h2-5,10-12H,6-9H2,1H3,(H,18,20,21)/t12-/m1/s1. The van der Waals surface area contributed by atoms with E-state index in [2.05, 4.69) is 20.2 Å². The molecule has 1 N–H and O–H groups in total. The Morgan fingerprint density at radius 2 is 1.92 bits per heavy atom. The second-order valence-corrected chi connectivity index (χ2v) is 6.27. The third-order valence-corrected chi connectivity index (χ3v) is 4.76. The molecule has 3 aromatic rings. The SMILES string of the molecule is C[C@H](C(=O)N1CCN(c2ncn[nH]2)CC1)n1cnc2ccccc2c1=O. The van der Waals surface area contributed by atoms with Crippen molar-refractivity contribution < 1.29 is 4.79 Å². The number of amides is 1. The van der Waals surface area contributed by atoms with Gasteiger partial charge >= 0.3 is 0 Å². The number of hydrogen-bond donors (Lipinski definition) is 1. The number of hydrogen-bond acceptors (Lipinski definition) is 6. The zero-order valence-electron chi connectivity index (χ0n) is 14.4. The van der Waals surface area contributed by atoms with Crippen molar-refractivity contribution in [1.29, 1.82) is 0 Å². The van der Waals surface area contributed by atoms with Gasteiger partial charge in [-0.15, -0.1) is 0 Å². The van der Waals surface area contributed by atoms with Crippen molar-refractivity contribution in [3.63, 3.8) is 0 Å². The molecule has 0 bridgehead atoms. The molecule has 2 aromatic heterocycles. The fraction of sp³-hybridized carbons (Fsp3) is 0.353. The molecule has 1 fully saturated rings. The van der Waals surface area contributed by atoms with Crippen LogP contribution in [-0.2, 0) is 4.79 Å². The molecule has 0 aliphatic carbocycles. The van der Waals surface area contributed by atoms with Crippen LogP contribution < -0.4 is 10.5 Å². The summed E-state index contributed by atoms with van der Waals surface area (Å²) in [4.78, 5) is 37.8. The fourth-order valence-corrected chi connectivity index (χ4v) is 3.23. The highest BCUT2D eigenvalue weighted by Gasteiger charge is 2.27. The number of carbonyl (C=O) groups excluding carboxylic acids is 1. The van der Waals surface area contributed by atoms with Gasteiger partial charge in [0, 0.05) is 26.2 Å². The summed E-state index contributed by atoms with van der Waals surface area (Å²) in [6.45, 7) is 4.21. The number of fused-ring (bicyclic) bond motifs is 1. The molecule has 0 radical (unpaired) electrons. The van der Waals surface area contributed by atoms with Gasteiger partial charge in [-0.3, -0.25) is 14.2 Å². The van der Waals surface area contributed by atoms with Gasteiger partial charge in [-0.1, -0.05) is 12.1 Å². The van der Waals surface area contributed by atoms with Crippen molar-refractivity contribution in [1.82, 2.24) is 29.6 Å². The normalized spacial score (nSPS) is 16.0. The predicted molar refractivity (Wildman–Crippen MR) is 95.9 cm³/mol. The average molecular weight is 353 g/mol. The van der Waals surface area contributed by atoms with Crippen molar-refractivity contribution in [2.75, 3.05) is 31.1 Å². The van der Waals surface area contributed by atoms with Crippen LogP contribution in [0.2, 0.25) is 0 Å². The number of para-hydroxylation sites is 1. The molecule has 1 amide bonds. The highest BCUT2D eigenvalue weighted by Crippen LogP contribution is 2.14. The maximum atomic E-state index is 12.9.